The average Bonchev–Trinajstić information content (AvgIpc) is 2.37. The van der Waals surface area contributed by atoms with Crippen LogP contribution < -0.4 is 5.32 Å². The maximum atomic E-state index is 11.7. The van der Waals surface area contributed by atoms with E-state index in [1.165, 1.54) is 0 Å². The van der Waals surface area contributed by atoms with Crippen LogP contribution in [0.4, 0.5) is 0 Å². The minimum atomic E-state index is -0.116. The van der Waals surface area contributed by atoms with E-state index in [9.17, 15) is 4.79 Å². The maximum Gasteiger partial charge on any atom is 0.214 e. The van der Waals surface area contributed by atoms with Gasteiger partial charge in [0.1, 0.15) is 0 Å². The highest BCUT2D eigenvalue weighted by molar-refractivity contribution is 5.53. The highest BCUT2D eigenvalue weighted by atomic mass is 16.1. The third kappa shape index (κ3) is 3.73. The van der Waals surface area contributed by atoms with Crippen molar-refractivity contribution < 1.29 is 4.79 Å². The zero-order valence-corrected chi connectivity index (χ0v) is 13.7. The number of carbonyl (C=O) groups is 1. The number of carbonyl (C=O) groups excluding carboxylic acids is 1. The topological polar surface area (TPSA) is 32.3 Å². The molecule has 1 aliphatic heterocycles. The molecule has 1 N–H and O–H groups in total. The first kappa shape index (κ1) is 15.8. The van der Waals surface area contributed by atoms with Crippen LogP contribution in [0, 0.1) is 0 Å². The molecule has 0 bridgehead atoms. The Kier molecular flexibility index (Phi) is 4.24. The molecule has 0 saturated heterocycles. The monoisotopic (exact) mass is 286 g/mol. The van der Waals surface area contributed by atoms with Crippen molar-refractivity contribution in [2.24, 2.45) is 0 Å². The van der Waals surface area contributed by atoms with Gasteiger partial charge in [0.15, 0.2) is 0 Å². The maximum absolute atomic E-state index is 11.7. The molecule has 1 heterocycles. The van der Waals surface area contributed by atoms with Gasteiger partial charge in [-0.25, -0.2) is 0 Å². The van der Waals surface area contributed by atoms with Gasteiger partial charge in [0.25, 0.3) is 0 Å². The molecule has 1 aliphatic rings. The first-order valence-electron chi connectivity index (χ1n) is 7.54. The molecular weight excluding hydrogens is 260 g/mol. The lowest BCUT2D eigenvalue weighted by molar-refractivity contribution is -0.118. The number of hydrogen-bond donors (Lipinski definition) is 1. The SMILES string of the molecule is CC(c1ccccc1)N(C=O)C1=CC(C)(C)NC(C)(C)C1. The van der Waals surface area contributed by atoms with Crippen molar-refractivity contribution in [1.82, 2.24) is 10.2 Å². The van der Waals surface area contributed by atoms with Crippen molar-refractivity contribution in [3.8, 4) is 0 Å². The molecule has 1 aromatic carbocycles. The third-order valence-corrected chi connectivity index (χ3v) is 3.96. The molecule has 0 radical (unpaired) electrons. The minimum Gasteiger partial charge on any atom is -0.312 e. The molecule has 1 aromatic rings. The molecule has 3 heteroatoms. The number of rotatable bonds is 4. The molecule has 0 fully saturated rings. The Morgan fingerprint density at radius 2 is 1.81 bits per heavy atom. The van der Waals surface area contributed by atoms with E-state index in [1.807, 2.05) is 23.1 Å². The predicted octanol–water partition coefficient (Wildman–Crippen LogP) is 3.64. The summed E-state index contributed by atoms with van der Waals surface area (Å²) in [6.07, 6.45) is 3.97. The Balaban J connectivity index is 2.33. The van der Waals surface area contributed by atoms with E-state index in [1.54, 1.807) is 0 Å². The van der Waals surface area contributed by atoms with E-state index in [0.717, 1.165) is 24.1 Å². The van der Waals surface area contributed by atoms with Crippen molar-refractivity contribution >= 4 is 6.41 Å². The summed E-state index contributed by atoms with van der Waals surface area (Å²) in [4.78, 5) is 13.6. The second-order valence-electron chi connectivity index (χ2n) is 7.14. The Labute approximate surface area is 128 Å². The summed E-state index contributed by atoms with van der Waals surface area (Å²) in [6.45, 7) is 10.7. The van der Waals surface area contributed by atoms with Gasteiger partial charge in [0.2, 0.25) is 6.41 Å². The first-order valence-corrected chi connectivity index (χ1v) is 7.54. The quantitative estimate of drug-likeness (QED) is 0.857. The summed E-state index contributed by atoms with van der Waals surface area (Å²) in [5.74, 6) is 0. The zero-order chi connectivity index (χ0) is 15.7. The molecule has 1 amide bonds. The lowest BCUT2D eigenvalue weighted by Gasteiger charge is -2.44. The predicted molar refractivity (Wildman–Crippen MR) is 86.8 cm³/mol. The van der Waals surface area contributed by atoms with Crippen LogP contribution in [0.5, 0.6) is 0 Å². The van der Waals surface area contributed by atoms with Gasteiger partial charge in [-0.15, -0.1) is 0 Å². The molecule has 0 aromatic heterocycles. The zero-order valence-electron chi connectivity index (χ0n) is 13.7. The van der Waals surface area contributed by atoms with Crippen LogP contribution >= 0.6 is 0 Å². The number of benzene rings is 1. The van der Waals surface area contributed by atoms with Gasteiger partial charge in [0, 0.05) is 23.2 Å². The van der Waals surface area contributed by atoms with Crippen molar-refractivity contribution in [3.63, 3.8) is 0 Å². The van der Waals surface area contributed by atoms with E-state index in [0.29, 0.717) is 0 Å². The lowest BCUT2D eigenvalue weighted by atomic mass is 9.85. The Hall–Kier alpha value is -1.61. The Bertz CT molecular complexity index is 531. The van der Waals surface area contributed by atoms with Crippen LogP contribution in [-0.4, -0.2) is 22.4 Å². The van der Waals surface area contributed by atoms with E-state index >= 15 is 0 Å². The molecule has 2 rings (SSSR count). The van der Waals surface area contributed by atoms with Gasteiger partial charge < -0.3 is 10.2 Å². The standard InChI is InChI=1S/C18H26N2O/c1-14(15-9-7-6-8-10-15)20(13-21)16-11-17(2,3)19-18(4,5)12-16/h6-11,13-14,19H,12H2,1-5H3. The highest BCUT2D eigenvalue weighted by Gasteiger charge is 2.35. The fraction of sp³-hybridized carbons (Fsp3) is 0.500. The van der Waals surface area contributed by atoms with Gasteiger partial charge in [-0.1, -0.05) is 30.3 Å². The van der Waals surface area contributed by atoms with Crippen molar-refractivity contribution in [3.05, 3.63) is 47.7 Å². The van der Waals surface area contributed by atoms with Gasteiger partial charge >= 0.3 is 0 Å². The summed E-state index contributed by atoms with van der Waals surface area (Å²) in [5.41, 5.74) is 2.11. The van der Waals surface area contributed by atoms with Crippen LogP contribution in [0.2, 0.25) is 0 Å². The van der Waals surface area contributed by atoms with E-state index < -0.39 is 0 Å². The number of amides is 1. The van der Waals surface area contributed by atoms with Gasteiger partial charge in [0.05, 0.1) is 6.04 Å². The van der Waals surface area contributed by atoms with Crippen LogP contribution in [0.3, 0.4) is 0 Å². The first-order chi connectivity index (χ1) is 9.74. The van der Waals surface area contributed by atoms with Gasteiger partial charge in [-0.2, -0.15) is 0 Å². The fourth-order valence-corrected chi connectivity index (χ4v) is 3.34. The Morgan fingerprint density at radius 3 is 2.33 bits per heavy atom. The second kappa shape index (κ2) is 5.64. The molecule has 0 aliphatic carbocycles. The Morgan fingerprint density at radius 1 is 1.19 bits per heavy atom. The molecule has 1 atom stereocenters. The smallest absolute Gasteiger partial charge is 0.214 e. The van der Waals surface area contributed by atoms with Gasteiger partial charge in [-0.05, 0) is 46.3 Å². The molecule has 3 nitrogen and oxygen atoms in total. The average molecular weight is 286 g/mol. The van der Waals surface area contributed by atoms with E-state index in [4.69, 9.17) is 0 Å². The summed E-state index contributed by atoms with van der Waals surface area (Å²) in [7, 11) is 0. The van der Waals surface area contributed by atoms with E-state index in [2.05, 4.69) is 58.1 Å². The fourth-order valence-electron chi connectivity index (χ4n) is 3.34. The van der Waals surface area contributed by atoms with Crippen molar-refractivity contribution in [2.75, 3.05) is 0 Å². The minimum absolute atomic E-state index is 0.0226. The number of nitrogens with zero attached hydrogens (tertiary/aromatic N) is 1. The van der Waals surface area contributed by atoms with Crippen LogP contribution in [0.1, 0.15) is 52.6 Å². The molecule has 1 unspecified atom stereocenters. The van der Waals surface area contributed by atoms with Crippen LogP contribution in [0.25, 0.3) is 0 Å². The molecule has 21 heavy (non-hydrogen) atoms. The van der Waals surface area contributed by atoms with Crippen LogP contribution in [0.15, 0.2) is 42.1 Å². The summed E-state index contributed by atoms with van der Waals surface area (Å²) >= 11 is 0. The summed E-state index contributed by atoms with van der Waals surface area (Å²) in [5, 5.41) is 3.60. The second-order valence-corrected chi connectivity index (χ2v) is 7.14. The normalized spacial score (nSPS) is 21.3. The van der Waals surface area contributed by atoms with Crippen molar-refractivity contribution in [1.29, 1.82) is 0 Å². The molecular formula is C18H26N2O. The number of hydrogen-bond acceptors (Lipinski definition) is 2. The van der Waals surface area contributed by atoms with Crippen LogP contribution in [-0.2, 0) is 4.79 Å². The van der Waals surface area contributed by atoms with E-state index in [-0.39, 0.29) is 17.1 Å². The van der Waals surface area contributed by atoms with Crippen molar-refractivity contribution in [2.45, 2.75) is 58.2 Å². The summed E-state index contributed by atoms with van der Waals surface area (Å²) < 4.78 is 0. The largest absolute Gasteiger partial charge is 0.312 e. The summed E-state index contributed by atoms with van der Waals surface area (Å²) in [6, 6.07) is 10.2. The third-order valence-electron chi connectivity index (χ3n) is 3.96. The van der Waals surface area contributed by atoms with Gasteiger partial charge in [-0.3, -0.25) is 4.79 Å². The molecule has 114 valence electrons. The molecule has 0 saturated carbocycles. The highest BCUT2D eigenvalue weighted by Crippen LogP contribution is 2.33. The number of nitrogens with one attached hydrogen (secondary N) is 1. The lowest BCUT2D eigenvalue weighted by Crippen LogP contribution is -2.55. The molecule has 0 spiro atoms.